The number of ether oxygens (including phenoxy) is 1. The molecule has 6 aliphatic heterocycles. The maximum absolute atomic E-state index is 13.9. The summed E-state index contributed by atoms with van der Waals surface area (Å²) in [5, 5.41) is 27.7. The summed E-state index contributed by atoms with van der Waals surface area (Å²) in [5.41, 5.74) is -2.97. The van der Waals surface area contributed by atoms with E-state index < -0.39 is 113 Å². The van der Waals surface area contributed by atoms with Gasteiger partial charge in [-0.05, 0) is 66.6 Å². The number of benzene rings is 4. The molecule has 4 aromatic rings. The average molecular weight is 1130 g/mol. The van der Waals surface area contributed by atoms with E-state index in [1.165, 1.54) is 48.4 Å². The van der Waals surface area contributed by atoms with Gasteiger partial charge in [-0.15, -0.1) is 6.58 Å². The third-order valence-electron chi connectivity index (χ3n) is 14.3. The number of carboxylic acids is 3. The Labute approximate surface area is 458 Å². The van der Waals surface area contributed by atoms with Gasteiger partial charge < -0.3 is 25.0 Å². The standard InChI is InChI=1S/C20H15FN2O5.C18H17ClN2O5.C16H15ClN2O6/c21-13-6-7-15-14(8-13)20(18(27)22(15)11-17(25)26)9-16(24)23(19(20)28)10-12-4-2-1-3-5-12;1-2-7-21-14(22)10-18(17(21)26)12-9-11(19)5-6-13(12)20(16(18)25)8-3-4-15(23)24;1-25-5-4-18-12(20)7-16(14(18)23)10-6-9(17)2-3-11(10)19(15(16)24)8-13(21)22/h1-8H,9-11H2,(H,25,26);2,5-6,9H,1,3-4,7-8,10H2,(H,23,24);2-3,6H,4-5,7-8H2,1H3,(H,21,22). The molecule has 0 radical (unpaired) electrons. The van der Waals surface area contributed by atoms with Crippen molar-refractivity contribution < 1.29 is 82.0 Å². The number of carboxylic acid groups (broad SMARTS) is 3. The Bertz CT molecular complexity index is 3340. The number of hydrogen-bond acceptors (Lipinski definition) is 13. The first-order chi connectivity index (χ1) is 37.5. The molecule has 3 N–H and O–H groups in total. The minimum Gasteiger partial charge on any atom is -0.481 e. The molecule has 22 nitrogen and oxygen atoms in total. The van der Waals surface area contributed by atoms with Crippen molar-refractivity contribution in [3.05, 3.63) is 136 Å². The van der Waals surface area contributed by atoms with Crippen molar-refractivity contribution in [2.24, 2.45) is 0 Å². The fourth-order valence-corrected chi connectivity index (χ4v) is 11.2. The second-order valence-electron chi connectivity index (χ2n) is 19.0. The van der Waals surface area contributed by atoms with Crippen molar-refractivity contribution in [2.75, 3.05) is 61.1 Å². The molecule has 410 valence electrons. The Morgan fingerprint density at radius 2 is 1.00 bits per heavy atom. The second kappa shape index (κ2) is 22.0. The van der Waals surface area contributed by atoms with E-state index in [0.29, 0.717) is 26.9 Å². The molecule has 0 aromatic heterocycles. The summed E-state index contributed by atoms with van der Waals surface area (Å²) in [4.78, 5) is 155. The molecule has 0 aliphatic carbocycles. The van der Waals surface area contributed by atoms with Crippen LogP contribution in [0, 0.1) is 5.82 Å². The highest BCUT2D eigenvalue weighted by Crippen LogP contribution is 2.52. The van der Waals surface area contributed by atoms with E-state index in [1.807, 2.05) is 0 Å². The number of aliphatic carboxylic acids is 3. The van der Waals surface area contributed by atoms with Crippen molar-refractivity contribution in [2.45, 2.75) is 54.9 Å². The lowest BCUT2D eigenvalue weighted by Crippen LogP contribution is -2.48. The van der Waals surface area contributed by atoms with Gasteiger partial charge in [0, 0.05) is 70.4 Å². The Balaban J connectivity index is 0.000000156. The van der Waals surface area contributed by atoms with Crippen molar-refractivity contribution in [1.82, 2.24) is 14.7 Å². The Morgan fingerprint density at radius 3 is 1.49 bits per heavy atom. The lowest BCUT2D eigenvalue weighted by Gasteiger charge is -2.22. The van der Waals surface area contributed by atoms with Crippen molar-refractivity contribution in [3.63, 3.8) is 0 Å². The molecular weight excluding hydrogens is 1080 g/mol. The van der Waals surface area contributed by atoms with Gasteiger partial charge in [0.15, 0.2) is 16.2 Å². The Morgan fingerprint density at radius 1 is 0.570 bits per heavy atom. The van der Waals surface area contributed by atoms with E-state index in [4.69, 9.17) is 43.3 Å². The van der Waals surface area contributed by atoms with Crippen LogP contribution in [0.4, 0.5) is 21.5 Å². The topological polar surface area (TPSA) is 294 Å². The zero-order valence-electron chi connectivity index (χ0n) is 41.8. The smallest absolute Gasteiger partial charge is 0.323 e. The Hall–Kier alpha value is -8.67. The molecule has 3 unspecified atom stereocenters. The molecule has 79 heavy (non-hydrogen) atoms. The van der Waals surface area contributed by atoms with E-state index in [1.54, 1.807) is 42.5 Å². The quantitative estimate of drug-likeness (QED) is 0.0870. The molecule has 3 saturated heterocycles. The summed E-state index contributed by atoms with van der Waals surface area (Å²) >= 11 is 12.1. The van der Waals surface area contributed by atoms with Gasteiger partial charge in [-0.2, -0.15) is 0 Å². The number of anilines is 3. The molecule has 25 heteroatoms. The van der Waals surface area contributed by atoms with Crippen LogP contribution in [0.15, 0.2) is 97.6 Å². The summed E-state index contributed by atoms with van der Waals surface area (Å²) in [5.74, 6) is -9.71. The van der Waals surface area contributed by atoms with Crippen LogP contribution < -0.4 is 14.7 Å². The highest BCUT2D eigenvalue weighted by molar-refractivity contribution is 6.34. The predicted octanol–water partition coefficient (Wildman–Crippen LogP) is 3.60. The first kappa shape index (κ1) is 56.5. The number of carbonyl (C=O) groups is 12. The van der Waals surface area contributed by atoms with Crippen LogP contribution in [0.1, 0.15) is 54.4 Å². The maximum Gasteiger partial charge on any atom is 0.323 e. The van der Waals surface area contributed by atoms with Crippen LogP contribution in [0.25, 0.3) is 0 Å². The Kier molecular flexibility index (Phi) is 15.7. The number of nitrogens with zero attached hydrogens (tertiary/aromatic N) is 6. The third kappa shape index (κ3) is 9.67. The molecule has 6 aliphatic rings. The SMILES string of the molecule is C=CCN1C(=O)CC2(C1=O)C(=O)N(CCCC(=O)O)c1ccc(Cl)cc12.COCCN1C(=O)CC2(C1=O)C(=O)N(CC(=O)O)c1ccc(Cl)cc12.O=C(O)CN1C(=O)C2(CC(=O)N(Cc3ccccc3)C2=O)c2cc(F)ccc21. The number of imide groups is 3. The number of halogens is 3. The lowest BCUT2D eigenvalue weighted by atomic mass is 9.80. The van der Waals surface area contributed by atoms with Crippen LogP contribution in [-0.2, 0) is 85.1 Å². The molecule has 3 atom stereocenters. The number of carbonyl (C=O) groups excluding carboxylic acids is 9. The van der Waals surface area contributed by atoms with Gasteiger partial charge >= 0.3 is 17.9 Å². The molecule has 3 fully saturated rings. The van der Waals surface area contributed by atoms with Gasteiger partial charge in [-0.3, -0.25) is 82.0 Å². The predicted molar refractivity (Wildman–Crippen MR) is 275 cm³/mol. The largest absolute Gasteiger partial charge is 0.481 e. The van der Waals surface area contributed by atoms with Gasteiger partial charge in [0.05, 0.1) is 39.0 Å². The van der Waals surface area contributed by atoms with Crippen LogP contribution in [0.3, 0.4) is 0 Å². The summed E-state index contributed by atoms with van der Waals surface area (Å²) in [6, 6.07) is 21.4. The van der Waals surface area contributed by atoms with Crippen LogP contribution in [0.5, 0.6) is 0 Å². The number of fused-ring (bicyclic) bond motifs is 6. The van der Waals surface area contributed by atoms with Crippen molar-refractivity contribution in [3.8, 4) is 0 Å². The number of likely N-dealkylation sites (tertiary alicyclic amines) is 3. The second-order valence-corrected chi connectivity index (χ2v) is 19.8. The van der Waals surface area contributed by atoms with E-state index in [0.717, 1.165) is 36.6 Å². The van der Waals surface area contributed by atoms with Crippen LogP contribution in [-0.4, -0.2) is 148 Å². The average Bonchev–Trinajstić information content (AvgIpc) is 4.16. The summed E-state index contributed by atoms with van der Waals surface area (Å²) in [6.45, 7) is 2.58. The van der Waals surface area contributed by atoms with Gasteiger partial charge in [0.2, 0.25) is 53.2 Å². The molecule has 0 saturated carbocycles. The zero-order chi connectivity index (χ0) is 57.5. The van der Waals surface area contributed by atoms with E-state index in [2.05, 4.69) is 6.58 Å². The van der Waals surface area contributed by atoms with Crippen molar-refractivity contribution >= 4 is 111 Å². The first-order valence-corrected chi connectivity index (χ1v) is 24.9. The number of rotatable bonds is 15. The molecule has 10 rings (SSSR count). The van der Waals surface area contributed by atoms with Crippen LogP contribution >= 0.6 is 23.2 Å². The van der Waals surface area contributed by atoms with Gasteiger partial charge in [-0.1, -0.05) is 59.6 Å². The number of methoxy groups -OCH3 is 1. The number of amides is 9. The summed E-state index contributed by atoms with van der Waals surface area (Å²) < 4.78 is 18.8. The normalized spacial score (nSPS) is 21.6. The fourth-order valence-electron chi connectivity index (χ4n) is 10.8. The molecule has 9 amide bonds. The van der Waals surface area contributed by atoms with Crippen molar-refractivity contribution in [1.29, 1.82) is 0 Å². The summed E-state index contributed by atoms with van der Waals surface area (Å²) in [6.07, 6.45) is 0.494. The monoisotopic (exact) mass is 1120 g/mol. The molecule has 0 bridgehead atoms. The lowest BCUT2D eigenvalue weighted by molar-refractivity contribution is -0.144. The molecule has 3 spiro atoms. The number of hydrogen-bond donors (Lipinski definition) is 3. The third-order valence-corrected chi connectivity index (χ3v) is 14.8. The van der Waals surface area contributed by atoms with E-state index in [-0.39, 0.29) is 81.0 Å². The highest BCUT2D eigenvalue weighted by atomic mass is 35.5. The molecule has 6 heterocycles. The molecular formula is C54H47Cl2FN6O16. The zero-order valence-corrected chi connectivity index (χ0v) is 43.3. The first-order valence-electron chi connectivity index (χ1n) is 24.2. The molecule has 4 aromatic carbocycles. The minimum absolute atomic E-state index is 0.0167. The fraction of sp³-hybridized carbons (Fsp3) is 0.296. The van der Waals surface area contributed by atoms with E-state index >= 15 is 0 Å². The van der Waals surface area contributed by atoms with Gasteiger partial charge in [0.25, 0.3) is 0 Å². The van der Waals surface area contributed by atoms with Crippen LogP contribution in [0.2, 0.25) is 10.0 Å². The highest BCUT2D eigenvalue weighted by Gasteiger charge is 2.66. The minimum atomic E-state index is -1.92. The van der Waals surface area contributed by atoms with Gasteiger partial charge in [0.1, 0.15) is 18.9 Å². The van der Waals surface area contributed by atoms with Gasteiger partial charge in [-0.25, -0.2) is 4.39 Å². The maximum atomic E-state index is 13.9. The van der Waals surface area contributed by atoms with E-state index in [9.17, 15) is 61.9 Å². The summed E-state index contributed by atoms with van der Waals surface area (Å²) in [7, 11) is 1.44.